The summed E-state index contributed by atoms with van der Waals surface area (Å²) in [5, 5.41) is 14.8. The van der Waals surface area contributed by atoms with Gasteiger partial charge in [0.05, 0.1) is 12.3 Å². The van der Waals surface area contributed by atoms with Gasteiger partial charge in [-0.15, -0.1) is 0 Å². The zero-order valence-electron chi connectivity index (χ0n) is 8.77. The number of amides is 1. The maximum Gasteiger partial charge on any atom is 0.362 e. The Labute approximate surface area is 86.8 Å². The van der Waals surface area contributed by atoms with Gasteiger partial charge in [0.2, 0.25) is 11.6 Å². The molecule has 0 aliphatic heterocycles. The van der Waals surface area contributed by atoms with Crippen molar-refractivity contribution in [2.45, 2.75) is 20.8 Å². The van der Waals surface area contributed by atoms with Gasteiger partial charge in [0, 0.05) is 6.92 Å². The fourth-order valence-electron chi connectivity index (χ4n) is 0.676. The molecule has 0 saturated carbocycles. The number of oxime groups is 1. The summed E-state index contributed by atoms with van der Waals surface area (Å²) in [6, 6.07) is 0. The monoisotopic (exact) mass is 215 g/mol. The average Bonchev–Trinajstić information content (AvgIpc) is 2.16. The number of rotatable bonds is 4. The molecule has 0 unspecified atom stereocenters. The van der Waals surface area contributed by atoms with Crippen LogP contribution in [-0.2, 0) is 14.3 Å². The molecule has 0 rings (SSSR count). The van der Waals surface area contributed by atoms with Gasteiger partial charge in [0.1, 0.15) is 0 Å². The summed E-state index contributed by atoms with van der Waals surface area (Å²) in [6.45, 7) is 4.44. The number of carbonyl (C=O) groups is 2. The van der Waals surface area contributed by atoms with Gasteiger partial charge >= 0.3 is 5.97 Å². The van der Waals surface area contributed by atoms with Crippen LogP contribution in [0.1, 0.15) is 20.8 Å². The van der Waals surface area contributed by atoms with Gasteiger partial charge in [0.25, 0.3) is 0 Å². The number of esters is 1. The molecule has 1 amide bonds. The maximum absolute atomic E-state index is 11.2. The molecule has 84 valence electrons. The van der Waals surface area contributed by atoms with E-state index in [4.69, 9.17) is 5.21 Å². The van der Waals surface area contributed by atoms with Gasteiger partial charge < -0.3 is 9.94 Å². The van der Waals surface area contributed by atoms with Crippen LogP contribution in [0.15, 0.2) is 10.3 Å². The van der Waals surface area contributed by atoms with E-state index in [0.29, 0.717) is 0 Å². The molecule has 0 aromatic carbocycles. The average molecular weight is 215 g/mol. The summed E-state index contributed by atoms with van der Waals surface area (Å²) < 4.78 is 4.60. The minimum absolute atomic E-state index is 0.0613. The van der Waals surface area contributed by atoms with Gasteiger partial charge in [-0.1, -0.05) is 5.16 Å². The highest BCUT2D eigenvalue weighted by molar-refractivity contribution is 6.65. The first-order chi connectivity index (χ1) is 7.02. The van der Waals surface area contributed by atoms with Gasteiger partial charge in [0.15, 0.2) is 0 Å². The number of carbonyl (C=O) groups excluding carboxylic acids is 2. The van der Waals surface area contributed by atoms with E-state index in [1.54, 1.807) is 6.92 Å². The molecule has 0 aliphatic rings. The third-order valence-electron chi connectivity index (χ3n) is 1.29. The number of hydrogen-bond acceptors (Lipinski definition) is 6. The van der Waals surface area contributed by atoms with E-state index in [-0.39, 0.29) is 18.0 Å². The number of ether oxygens (including phenoxy) is 1. The molecule has 0 atom stereocenters. The standard InChI is InChI=1S/C8H13N3O4/c1-4-15-8(13)7(11-14)5(2)9-10-6(3)12/h14H,4H2,1-3H3,(H,10,12)/b9-5+,11-7-. The number of hydrogen-bond donors (Lipinski definition) is 2. The highest BCUT2D eigenvalue weighted by Gasteiger charge is 2.17. The maximum atomic E-state index is 11.2. The Morgan fingerprint density at radius 3 is 2.40 bits per heavy atom. The zero-order valence-corrected chi connectivity index (χ0v) is 8.77. The lowest BCUT2D eigenvalue weighted by Gasteiger charge is -2.03. The van der Waals surface area contributed by atoms with Gasteiger partial charge in [-0.2, -0.15) is 5.10 Å². The Morgan fingerprint density at radius 1 is 1.40 bits per heavy atom. The van der Waals surface area contributed by atoms with E-state index in [1.807, 2.05) is 0 Å². The van der Waals surface area contributed by atoms with Gasteiger partial charge in [-0.3, -0.25) is 4.79 Å². The Bertz CT molecular complexity index is 309. The van der Waals surface area contributed by atoms with Crippen LogP contribution in [0.5, 0.6) is 0 Å². The minimum Gasteiger partial charge on any atom is -0.461 e. The van der Waals surface area contributed by atoms with E-state index < -0.39 is 11.9 Å². The van der Waals surface area contributed by atoms with Crippen LogP contribution in [0.25, 0.3) is 0 Å². The van der Waals surface area contributed by atoms with Gasteiger partial charge in [-0.25, -0.2) is 10.2 Å². The quantitative estimate of drug-likeness (QED) is 0.296. The molecule has 0 radical (unpaired) electrons. The minimum atomic E-state index is -0.799. The molecule has 0 saturated heterocycles. The summed E-state index contributed by atoms with van der Waals surface area (Å²) >= 11 is 0. The van der Waals surface area contributed by atoms with Crippen LogP contribution >= 0.6 is 0 Å². The Morgan fingerprint density at radius 2 is 2.00 bits per heavy atom. The summed E-state index contributed by atoms with van der Waals surface area (Å²) in [5.41, 5.74) is 1.83. The second-order valence-corrected chi connectivity index (χ2v) is 2.53. The van der Waals surface area contributed by atoms with Crippen molar-refractivity contribution < 1.29 is 19.5 Å². The van der Waals surface area contributed by atoms with Gasteiger partial charge in [-0.05, 0) is 13.8 Å². The van der Waals surface area contributed by atoms with Crippen molar-refractivity contribution in [3.05, 3.63) is 0 Å². The molecule has 0 fully saturated rings. The normalized spacial score (nSPS) is 12.2. The van der Waals surface area contributed by atoms with E-state index >= 15 is 0 Å². The number of nitrogens with zero attached hydrogens (tertiary/aromatic N) is 2. The van der Waals surface area contributed by atoms with Crippen molar-refractivity contribution in [3.63, 3.8) is 0 Å². The lowest BCUT2D eigenvalue weighted by molar-refractivity contribution is -0.135. The molecule has 0 aromatic heterocycles. The van der Waals surface area contributed by atoms with Crippen LogP contribution in [0.4, 0.5) is 0 Å². The van der Waals surface area contributed by atoms with E-state index in [1.165, 1.54) is 13.8 Å². The lowest BCUT2D eigenvalue weighted by atomic mass is 10.2. The topological polar surface area (TPSA) is 100 Å². The second-order valence-electron chi connectivity index (χ2n) is 2.53. The molecule has 7 heteroatoms. The predicted molar refractivity (Wildman–Crippen MR) is 52.8 cm³/mol. The van der Waals surface area contributed by atoms with Crippen molar-refractivity contribution in [1.82, 2.24) is 5.43 Å². The Hall–Kier alpha value is -1.92. The third-order valence-corrected chi connectivity index (χ3v) is 1.29. The Balaban J connectivity index is 4.62. The van der Waals surface area contributed by atoms with Crippen LogP contribution < -0.4 is 5.43 Å². The third kappa shape index (κ3) is 4.75. The van der Waals surface area contributed by atoms with Crippen LogP contribution in [0.2, 0.25) is 0 Å². The Kier molecular flexibility index (Phi) is 5.69. The molecule has 7 nitrogen and oxygen atoms in total. The number of nitrogens with one attached hydrogen (secondary N) is 1. The largest absolute Gasteiger partial charge is 0.461 e. The SMILES string of the molecule is CCOC(=O)C(=N\O)/C(C)=N/NC(C)=O. The molecule has 0 bridgehead atoms. The summed E-state index contributed by atoms with van der Waals surface area (Å²) in [4.78, 5) is 21.7. The molecule has 0 heterocycles. The van der Waals surface area contributed by atoms with Crippen LogP contribution in [0, 0.1) is 0 Å². The molecular formula is C8H13N3O4. The summed E-state index contributed by atoms with van der Waals surface area (Å²) in [5.74, 6) is -1.19. The smallest absolute Gasteiger partial charge is 0.362 e. The zero-order chi connectivity index (χ0) is 11.8. The highest BCUT2D eigenvalue weighted by Crippen LogP contribution is 1.89. The second kappa shape index (κ2) is 6.52. The van der Waals surface area contributed by atoms with Crippen molar-refractivity contribution >= 4 is 23.3 Å². The van der Waals surface area contributed by atoms with E-state index in [2.05, 4.69) is 20.4 Å². The predicted octanol–water partition coefficient (Wildman–Crippen LogP) is -0.108. The van der Waals surface area contributed by atoms with Crippen LogP contribution in [0.3, 0.4) is 0 Å². The first-order valence-electron chi connectivity index (χ1n) is 4.23. The lowest BCUT2D eigenvalue weighted by Crippen LogP contribution is -2.27. The van der Waals surface area contributed by atoms with E-state index in [9.17, 15) is 9.59 Å². The summed E-state index contributed by atoms with van der Waals surface area (Å²) in [7, 11) is 0. The number of hydrazone groups is 1. The van der Waals surface area contributed by atoms with Crippen molar-refractivity contribution in [2.75, 3.05) is 6.61 Å². The fourth-order valence-corrected chi connectivity index (χ4v) is 0.676. The molecule has 2 N–H and O–H groups in total. The van der Waals surface area contributed by atoms with E-state index in [0.717, 1.165) is 0 Å². The van der Waals surface area contributed by atoms with Crippen molar-refractivity contribution in [1.29, 1.82) is 0 Å². The summed E-state index contributed by atoms with van der Waals surface area (Å²) in [6.07, 6.45) is 0. The fraction of sp³-hybridized carbons (Fsp3) is 0.500. The van der Waals surface area contributed by atoms with Crippen molar-refractivity contribution in [3.8, 4) is 0 Å². The first kappa shape index (κ1) is 13.1. The first-order valence-corrected chi connectivity index (χ1v) is 4.23. The van der Waals surface area contributed by atoms with Crippen LogP contribution in [-0.4, -0.2) is 35.1 Å². The van der Waals surface area contributed by atoms with Crippen molar-refractivity contribution in [2.24, 2.45) is 10.3 Å². The molecule has 0 aromatic rings. The molecule has 0 aliphatic carbocycles. The molecule has 15 heavy (non-hydrogen) atoms. The molecule has 0 spiro atoms. The molecular weight excluding hydrogens is 202 g/mol. The highest BCUT2D eigenvalue weighted by atomic mass is 16.5.